The van der Waals surface area contributed by atoms with Crippen molar-refractivity contribution in [1.82, 2.24) is 0 Å². The molecule has 0 fully saturated rings. The number of ether oxygens (including phenoxy) is 3. The summed E-state index contributed by atoms with van der Waals surface area (Å²) in [5, 5.41) is 12.1. The van der Waals surface area contributed by atoms with E-state index in [0.717, 1.165) is 11.3 Å². The SMILES string of the molecule is CCOc1cc(C=NO)cc(Cl)c1OCCOc1cc(C)ccc1C(C)C. The highest BCUT2D eigenvalue weighted by Crippen LogP contribution is 2.36. The van der Waals surface area contributed by atoms with Gasteiger partial charge in [0.05, 0.1) is 17.8 Å². The Bertz CT molecular complexity index is 790. The second kappa shape index (κ2) is 10.1. The van der Waals surface area contributed by atoms with Crippen LogP contribution in [-0.2, 0) is 0 Å². The van der Waals surface area contributed by atoms with Crippen molar-refractivity contribution < 1.29 is 19.4 Å². The van der Waals surface area contributed by atoms with E-state index in [1.54, 1.807) is 12.1 Å². The minimum atomic E-state index is 0.318. The Balaban J connectivity index is 2.06. The van der Waals surface area contributed by atoms with Crippen LogP contribution in [0, 0.1) is 6.92 Å². The Morgan fingerprint density at radius 2 is 1.81 bits per heavy atom. The first kappa shape index (κ1) is 20.9. The Hall–Kier alpha value is -2.40. The molecule has 2 aromatic carbocycles. The average molecular weight is 392 g/mol. The van der Waals surface area contributed by atoms with E-state index in [4.69, 9.17) is 31.0 Å². The van der Waals surface area contributed by atoms with Crippen molar-refractivity contribution in [3.8, 4) is 17.2 Å². The first-order valence-electron chi connectivity index (χ1n) is 8.96. The van der Waals surface area contributed by atoms with Crippen molar-refractivity contribution >= 4 is 17.8 Å². The molecule has 0 aliphatic carbocycles. The zero-order valence-electron chi connectivity index (χ0n) is 16.2. The van der Waals surface area contributed by atoms with Crippen LogP contribution in [0.4, 0.5) is 0 Å². The zero-order valence-corrected chi connectivity index (χ0v) is 16.9. The van der Waals surface area contributed by atoms with Gasteiger partial charge < -0.3 is 19.4 Å². The largest absolute Gasteiger partial charge is 0.490 e. The highest BCUT2D eigenvalue weighted by atomic mass is 35.5. The monoisotopic (exact) mass is 391 g/mol. The average Bonchev–Trinajstić information content (AvgIpc) is 2.60. The van der Waals surface area contributed by atoms with Crippen molar-refractivity contribution in [3.63, 3.8) is 0 Å². The molecule has 0 unspecified atom stereocenters. The number of nitrogens with zero attached hydrogens (tertiary/aromatic N) is 1. The van der Waals surface area contributed by atoms with Gasteiger partial charge in [-0.1, -0.05) is 42.7 Å². The van der Waals surface area contributed by atoms with Crippen LogP contribution in [0.25, 0.3) is 0 Å². The number of rotatable bonds is 9. The van der Waals surface area contributed by atoms with Crippen LogP contribution in [0.2, 0.25) is 5.02 Å². The van der Waals surface area contributed by atoms with E-state index in [-0.39, 0.29) is 0 Å². The third kappa shape index (κ3) is 5.79. The maximum atomic E-state index is 8.70. The van der Waals surface area contributed by atoms with Crippen molar-refractivity contribution in [2.24, 2.45) is 5.16 Å². The summed E-state index contributed by atoms with van der Waals surface area (Å²) >= 11 is 6.30. The minimum Gasteiger partial charge on any atom is -0.490 e. The lowest BCUT2D eigenvalue weighted by molar-refractivity contribution is 0.207. The lowest BCUT2D eigenvalue weighted by Gasteiger charge is -2.17. The summed E-state index contributed by atoms with van der Waals surface area (Å²) in [6, 6.07) is 9.59. The molecule has 0 aromatic heterocycles. The van der Waals surface area contributed by atoms with Crippen LogP contribution in [0.1, 0.15) is 43.4 Å². The molecule has 5 nitrogen and oxygen atoms in total. The lowest BCUT2D eigenvalue weighted by Crippen LogP contribution is -2.11. The predicted octanol–water partition coefficient (Wildman–Crippen LogP) is 5.44. The van der Waals surface area contributed by atoms with Gasteiger partial charge in [-0.25, -0.2) is 0 Å². The van der Waals surface area contributed by atoms with Gasteiger partial charge in [-0.15, -0.1) is 0 Å². The smallest absolute Gasteiger partial charge is 0.179 e. The van der Waals surface area contributed by atoms with E-state index >= 15 is 0 Å². The molecule has 0 saturated heterocycles. The third-order valence-corrected chi connectivity index (χ3v) is 4.20. The van der Waals surface area contributed by atoms with Gasteiger partial charge in [0.15, 0.2) is 11.5 Å². The molecule has 0 aliphatic rings. The molecule has 0 heterocycles. The molecule has 0 atom stereocenters. The fraction of sp³-hybridized carbons (Fsp3) is 0.381. The number of benzene rings is 2. The molecule has 2 rings (SSSR count). The normalized spacial score (nSPS) is 11.2. The first-order chi connectivity index (χ1) is 13.0. The Morgan fingerprint density at radius 3 is 2.48 bits per heavy atom. The molecule has 0 amide bonds. The molecule has 0 bridgehead atoms. The molecule has 146 valence electrons. The summed E-state index contributed by atoms with van der Waals surface area (Å²) in [7, 11) is 0. The number of oxime groups is 1. The molecule has 0 spiro atoms. The number of aryl methyl sites for hydroxylation is 1. The predicted molar refractivity (Wildman–Crippen MR) is 108 cm³/mol. The van der Waals surface area contributed by atoms with Crippen LogP contribution >= 0.6 is 11.6 Å². The summed E-state index contributed by atoms with van der Waals surface area (Å²) in [5.41, 5.74) is 2.94. The zero-order chi connectivity index (χ0) is 19.8. The van der Waals surface area contributed by atoms with Crippen molar-refractivity contribution in [2.45, 2.75) is 33.6 Å². The molecule has 0 aliphatic heterocycles. The second-order valence-corrected chi connectivity index (χ2v) is 6.81. The molecular weight excluding hydrogens is 366 g/mol. The third-order valence-electron chi connectivity index (χ3n) is 3.92. The fourth-order valence-corrected chi connectivity index (χ4v) is 2.94. The Kier molecular flexibility index (Phi) is 7.80. The van der Waals surface area contributed by atoms with Gasteiger partial charge in [0, 0.05) is 5.56 Å². The Morgan fingerprint density at radius 1 is 1.07 bits per heavy atom. The summed E-state index contributed by atoms with van der Waals surface area (Å²) in [4.78, 5) is 0. The highest BCUT2D eigenvalue weighted by Gasteiger charge is 2.13. The minimum absolute atomic E-state index is 0.318. The van der Waals surface area contributed by atoms with Crippen LogP contribution < -0.4 is 14.2 Å². The number of halogens is 1. The molecule has 0 saturated carbocycles. The van der Waals surface area contributed by atoms with Crippen LogP contribution in [-0.4, -0.2) is 31.2 Å². The van der Waals surface area contributed by atoms with E-state index in [1.807, 2.05) is 19.9 Å². The molecular formula is C21H26ClNO4. The van der Waals surface area contributed by atoms with E-state index in [1.165, 1.54) is 11.8 Å². The summed E-state index contributed by atoms with van der Waals surface area (Å²) < 4.78 is 17.3. The Labute approximate surface area is 165 Å². The van der Waals surface area contributed by atoms with Crippen LogP contribution in [0.3, 0.4) is 0 Å². The lowest BCUT2D eigenvalue weighted by atomic mass is 10.0. The van der Waals surface area contributed by atoms with Crippen LogP contribution in [0.15, 0.2) is 35.5 Å². The first-order valence-corrected chi connectivity index (χ1v) is 9.34. The fourth-order valence-electron chi connectivity index (χ4n) is 2.67. The maximum Gasteiger partial charge on any atom is 0.179 e. The highest BCUT2D eigenvalue weighted by molar-refractivity contribution is 6.32. The molecule has 0 radical (unpaired) electrons. The van der Waals surface area contributed by atoms with E-state index in [2.05, 4.69) is 31.1 Å². The van der Waals surface area contributed by atoms with Crippen molar-refractivity contribution in [3.05, 3.63) is 52.0 Å². The molecule has 2 aromatic rings. The second-order valence-electron chi connectivity index (χ2n) is 6.40. The summed E-state index contributed by atoms with van der Waals surface area (Å²) in [6.45, 7) is 9.35. The molecule has 1 N–H and O–H groups in total. The van der Waals surface area contributed by atoms with Gasteiger partial charge in [0.2, 0.25) is 0 Å². The topological polar surface area (TPSA) is 60.3 Å². The van der Waals surface area contributed by atoms with Crippen LogP contribution in [0.5, 0.6) is 17.2 Å². The van der Waals surface area contributed by atoms with Gasteiger partial charge in [0.25, 0.3) is 0 Å². The quantitative estimate of drug-likeness (QED) is 0.268. The molecule has 27 heavy (non-hydrogen) atoms. The van der Waals surface area contributed by atoms with Crippen molar-refractivity contribution in [2.75, 3.05) is 19.8 Å². The number of hydrogen-bond acceptors (Lipinski definition) is 5. The van der Waals surface area contributed by atoms with Gasteiger partial charge in [-0.05, 0) is 49.1 Å². The van der Waals surface area contributed by atoms with E-state index in [9.17, 15) is 0 Å². The standard InChI is InChI=1S/C21H26ClNO4/c1-5-25-20-12-16(13-23-24)11-18(22)21(20)27-9-8-26-19-10-15(4)6-7-17(19)14(2)3/h6-7,10-14,24H,5,8-9H2,1-4H3. The summed E-state index contributed by atoms with van der Waals surface area (Å²) in [6.07, 6.45) is 1.28. The van der Waals surface area contributed by atoms with E-state index in [0.29, 0.717) is 47.8 Å². The summed E-state index contributed by atoms with van der Waals surface area (Å²) in [5.74, 6) is 2.20. The van der Waals surface area contributed by atoms with E-state index < -0.39 is 0 Å². The molecule has 6 heteroatoms. The van der Waals surface area contributed by atoms with Gasteiger partial charge in [0.1, 0.15) is 19.0 Å². The van der Waals surface area contributed by atoms with Crippen molar-refractivity contribution in [1.29, 1.82) is 0 Å². The van der Waals surface area contributed by atoms with Gasteiger partial charge in [-0.2, -0.15) is 0 Å². The van der Waals surface area contributed by atoms with Gasteiger partial charge in [-0.3, -0.25) is 0 Å². The van der Waals surface area contributed by atoms with Gasteiger partial charge >= 0.3 is 0 Å². The number of hydrogen-bond donors (Lipinski definition) is 1. The maximum absolute atomic E-state index is 8.70.